The van der Waals surface area contributed by atoms with Crippen molar-refractivity contribution in [1.29, 1.82) is 0 Å². The highest BCUT2D eigenvalue weighted by Gasteiger charge is 2.19. The van der Waals surface area contributed by atoms with Crippen molar-refractivity contribution in [2.75, 3.05) is 42.7 Å². The highest BCUT2D eigenvalue weighted by atomic mass is 16.5. The van der Waals surface area contributed by atoms with Crippen molar-refractivity contribution in [3.05, 3.63) is 41.5 Å². The van der Waals surface area contributed by atoms with Gasteiger partial charge >= 0.3 is 0 Å². The van der Waals surface area contributed by atoms with Crippen LogP contribution in [0.15, 0.2) is 30.3 Å². The predicted molar refractivity (Wildman–Crippen MR) is 105 cm³/mol. The summed E-state index contributed by atoms with van der Waals surface area (Å²) in [4.78, 5) is 0. The second-order valence-electron chi connectivity index (χ2n) is 5.53. The van der Waals surface area contributed by atoms with E-state index in [1.807, 2.05) is 37.3 Å². The van der Waals surface area contributed by atoms with Gasteiger partial charge in [0.25, 0.3) is 0 Å². The summed E-state index contributed by atoms with van der Waals surface area (Å²) in [5.74, 6) is 3.42. The van der Waals surface area contributed by atoms with E-state index in [0.717, 1.165) is 16.7 Å². The highest BCUT2D eigenvalue weighted by Crippen LogP contribution is 2.44. The smallest absolute Gasteiger partial charge is 0.203 e. The third-order valence-corrected chi connectivity index (χ3v) is 4.24. The van der Waals surface area contributed by atoms with Gasteiger partial charge in [-0.05, 0) is 47.9 Å². The third kappa shape index (κ3) is 3.89. The van der Waals surface area contributed by atoms with E-state index in [0.29, 0.717) is 34.5 Å². The Balaban J connectivity index is 2.68. The second kappa shape index (κ2) is 9.07. The van der Waals surface area contributed by atoms with Crippen LogP contribution >= 0.6 is 0 Å². The summed E-state index contributed by atoms with van der Waals surface area (Å²) < 4.78 is 32.7. The monoisotopic (exact) mass is 374 g/mol. The molecule has 27 heavy (non-hydrogen) atoms. The van der Waals surface area contributed by atoms with Gasteiger partial charge < -0.3 is 28.4 Å². The molecule has 0 aliphatic carbocycles. The van der Waals surface area contributed by atoms with Gasteiger partial charge in [-0.25, -0.2) is 0 Å². The number of hydrogen-bond acceptors (Lipinski definition) is 6. The Morgan fingerprint density at radius 2 is 0.852 bits per heavy atom. The lowest BCUT2D eigenvalue weighted by molar-refractivity contribution is 0.324. The molecular weight excluding hydrogens is 348 g/mol. The van der Waals surface area contributed by atoms with Crippen LogP contribution in [0.5, 0.6) is 34.5 Å². The van der Waals surface area contributed by atoms with E-state index < -0.39 is 0 Å². The van der Waals surface area contributed by atoms with Gasteiger partial charge in [-0.2, -0.15) is 0 Å². The number of ether oxygens (including phenoxy) is 6. The first kappa shape index (κ1) is 20.3. The van der Waals surface area contributed by atoms with Gasteiger partial charge in [-0.3, -0.25) is 0 Å². The quantitative estimate of drug-likeness (QED) is 0.691. The fourth-order valence-electron chi connectivity index (χ4n) is 2.97. The number of rotatable bonds is 8. The fraction of sp³-hybridized carbons (Fsp3) is 0.333. The predicted octanol–water partition coefficient (Wildman–Crippen LogP) is 4.19. The Labute approximate surface area is 160 Å². The average molecular weight is 374 g/mol. The first-order valence-corrected chi connectivity index (χ1v) is 8.35. The van der Waals surface area contributed by atoms with Gasteiger partial charge in [0.15, 0.2) is 23.0 Å². The van der Waals surface area contributed by atoms with Crippen molar-refractivity contribution in [2.45, 2.75) is 6.92 Å². The maximum atomic E-state index is 5.47. The average Bonchev–Trinajstić information content (AvgIpc) is 2.72. The Morgan fingerprint density at radius 3 is 1.04 bits per heavy atom. The molecule has 0 radical (unpaired) electrons. The number of benzene rings is 2. The third-order valence-electron chi connectivity index (χ3n) is 4.24. The molecule has 2 rings (SSSR count). The zero-order valence-corrected chi connectivity index (χ0v) is 16.8. The van der Waals surface area contributed by atoms with Crippen LogP contribution in [0.1, 0.15) is 18.1 Å². The summed E-state index contributed by atoms with van der Waals surface area (Å²) in [5.41, 5.74) is 2.76. The molecule has 146 valence electrons. The number of allylic oxidation sites excluding steroid dienone is 1. The maximum Gasteiger partial charge on any atom is 0.203 e. The van der Waals surface area contributed by atoms with Crippen LogP contribution in [0.2, 0.25) is 0 Å². The zero-order chi connectivity index (χ0) is 20.0. The van der Waals surface area contributed by atoms with Gasteiger partial charge in [0, 0.05) is 0 Å². The standard InChI is InChI=1S/C21H26O6/c1-8-15(13-9-16(22-2)20(26-6)17(10-13)23-3)14-11-18(24-4)21(27-7)19(12-14)25-5/h8-12H,1-7H3. The zero-order valence-electron chi connectivity index (χ0n) is 16.8. The van der Waals surface area contributed by atoms with E-state index in [2.05, 4.69) is 0 Å². The van der Waals surface area contributed by atoms with E-state index in [1.54, 1.807) is 42.7 Å². The molecule has 0 amide bonds. The fourth-order valence-corrected chi connectivity index (χ4v) is 2.97. The minimum absolute atomic E-state index is 0.545. The molecule has 0 aromatic heterocycles. The van der Waals surface area contributed by atoms with E-state index in [1.165, 1.54) is 0 Å². The van der Waals surface area contributed by atoms with Crippen LogP contribution < -0.4 is 28.4 Å². The van der Waals surface area contributed by atoms with Crippen molar-refractivity contribution in [3.8, 4) is 34.5 Å². The second-order valence-corrected chi connectivity index (χ2v) is 5.53. The molecule has 2 aromatic carbocycles. The van der Waals surface area contributed by atoms with Crippen molar-refractivity contribution in [2.24, 2.45) is 0 Å². The van der Waals surface area contributed by atoms with E-state index in [9.17, 15) is 0 Å². The molecule has 0 unspecified atom stereocenters. The van der Waals surface area contributed by atoms with Gasteiger partial charge in [-0.15, -0.1) is 0 Å². The molecule has 0 aliphatic heterocycles. The molecule has 0 N–H and O–H groups in total. The minimum Gasteiger partial charge on any atom is -0.493 e. The molecule has 0 bridgehead atoms. The van der Waals surface area contributed by atoms with Crippen molar-refractivity contribution in [3.63, 3.8) is 0 Å². The minimum atomic E-state index is 0.545. The molecular formula is C21H26O6. The van der Waals surface area contributed by atoms with Crippen LogP contribution in [-0.2, 0) is 0 Å². The van der Waals surface area contributed by atoms with Crippen LogP contribution in [0.25, 0.3) is 5.57 Å². The molecule has 0 saturated heterocycles. The van der Waals surface area contributed by atoms with Gasteiger partial charge in [0.05, 0.1) is 42.7 Å². The first-order chi connectivity index (χ1) is 13.1. The molecule has 0 atom stereocenters. The Kier molecular flexibility index (Phi) is 6.82. The molecule has 0 aliphatic rings. The summed E-state index contributed by atoms with van der Waals surface area (Å²) in [5, 5.41) is 0. The van der Waals surface area contributed by atoms with E-state index >= 15 is 0 Å². The van der Waals surface area contributed by atoms with Gasteiger partial charge in [0.2, 0.25) is 11.5 Å². The van der Waals surface area contributed by atoms with E-state index in [-0.39, 0.29) is 0 Å². The van der Waals surface area contributed by atoms with E-state index in [4.69, 9.17) is 28.4 Å². The summed E-state index contributed by atoms with van der Waals surface area (Å²) >= 11 is 0. The molecule has 2 aromatic rings. The number of methoxy groups -OCH3 is 6. The highest BCUT2D eigenvalue weighted by molar-refractivity contribution is 5.83. The van der Waals surface area contributed by atoms with Crippen LogP contribution in [0, 0.1) is 0 Å². The summed E-state index contributed by atoms with van der Waals surface area (Å²) in [6.45, 7) is 1.96. The van der Waals surface area contributed by atoms with Crippen molar-refractivity contribution < 1.29 is 28.4 Å². The maximum absolute atomic E-state index is 5.47. The topological polar surface area (TPSA) is 55.4 Å². The largest absolute Gasteiger partial charge is 0.493 e. The molecule has 0 heterocycles. The lowest BCUT2D eigenvalue weighted by Gasteiger charge is -2.18. The van der Waals surface area contributed by atoms with Gasteiger partial charge in [0.1, 0.15) is 0 Å². The van der Waals surface area contributed by atoms with Crippen LogP contribution in [0.4, 0.5) is 0 Å². The molecule has 0 fully saturated rings. The first-order valence-electron chi connectivity index (χ1n) is 8.35. The van der Waals surface area contributed by atoms with Crippen LogP contribution in [-0.4, -0.2) is 42.7 Å². The number of hydrogen-bond donors (Lipinski definition) is 0. The van der Waals surface area contributed by atoms with Crippen molar-refractivity contribution in [1.82, 2.24) is 0 Å². The Hall–Kier alpha value is -3.02. The van der Waals surface area contributed by atoms with Crippen LogP contribution in [0.3, 0.4) is 0 Å². The molecule has 0 saturated carbocycles. The molecule has 6 nitrogen and oxygen atoms in total. The molecule has 6 heteroatoms. The van der Waals surface area contributed by atoms with Gasteiger partial charge in [-0.1, -0.05) is 6.08 Å². The lowest BCUT2D eigenvalue weighted by atomic mass is 9.96. The Bertz CT molecular complexity index is 710. The molecule has 0 spiro atoms. The lowest BCUT2D eigenvalue weighted by Crippen LogP contribution is -1.99. The summed E-state index contributed by atoms with van der Waals surface area (Å²) in [7, 11) is 9.53. The Morgan fingerprint density at radius 1 is 0.556 bits per heavy atom. The SMILES string of the molecule is CC=C(c1cc(OC)c(OC)c(OC)c1)c1cc(OC)c(OC)c(OC)c1. The van der Waals surface area contributed by atoms with Crippen molar-refractivity contribution >= 4 is 5.57 Å². The summed E-state index contributed by atoms with van der Waals surface area (Å²) in [6, 6.07) is 7.61. The normalized spacial score (nSPS) is 10.0. The summed E-state index contributed by atoms with van der Waals surface area (Å²) in [6.07, 6.45) is 2.00.